The lowest BCUT2D eigenvalue weighted by Crippen LogP contribution is -2.47. The van der Waals surface area contributed by atoms with Gasteiger partial charge in [0.2, 0.25) is 0 Å². The lowest BCUT2D eigenvalue weighted by Gasteiger charge is -2.33. The number of likely N-dealkylation sites (tertiary alicyclic amines) is 1. The van der Waals surface area contributed by atoms with Crippen molar-refractivity contribution in [3.63, 3.8) is 0 Å². The molecule has 1 heterocycles. The fraction of sp³-hybridized carbons (Fsp3) is 0.600. The van der Waals surface area contributed by atoms with Gasteiger partial charge in [-0.1, -0.05) is 19.1 Å². The van der Waals surface area contributed by atoms with Gasteiger partial charge in [-0.15, -0.1) is 0 Å². The molecule has 0 saturated carbocycles. The first-order chi connectivity index (χ1) is 12.7. The quantitative estimate of drug-likeness (QED) is 0.459. The van der Waals surface area contributed by atoms with Crippen molar-refractivity contribution in [3.8, 4) is 5.75 Å². The van der Waals surface area contributed by atoms with Gasteiger partial charge in [-0.25, -0.2) is 0 Å². The summed E-state index contributed by atoms with van der Waals surface area (Å²) in [5, 5.41) is 3.43. The number of aliphatic imine (C=N–C) groups is 1. The third-order valence-corrected chi connectivity index (χ3v) is 4.61. The Morgan fingerprint density at radius 2 is 2.12 bits per heavy atom. The summed E-state index contributed by atoms with van der Waals surface area (Å²) < 4.78 is 10.5. The van der Waals surface area contributed by atoms with E-state index in [0.717, 1.165) is 63.6 Å². The molecule has 0 amide bonds. The number of benzene rings is 1. The Balaban J connectivity index is 1.78. The minimum atomic E-state index is -0.0993. The Morgan fingerprint density at radius 3 is 2.77 bits per heavy atom. The highest BCUT2D eigenvalue weighted by atomic mass is 16.5. The summed E-state index contributed by atoms with van der Waals surface area (Å²) in [5.74, 6) is 1.74. The number of esters is 1. The second-order valence-electron chi connectivity index (χ2n) is 6.50. The molecule has 0 bridgehead atoms. The third kappa shape index (κ3) is 5.93. The number of nitrogens with zero attached hydrogens (tertiary/aromatic N) is 2. The van der Waals surface area contributed by atoms with Crippen molar-refractivity contribution in [2.24, 2.45) is 10.9 Å². The molecule has 144 valence electrons. The SMILES string of the molecule is CCCOc1cccc(CCNC(=NC)N2CCC(C(=O)OC)CC2)c1. The molecule has 1 N–H and O–H groups in total. The highest BCUT2D eigenvalue weighted by molar-refractivity contribution is 5.80. The summed E-state index contributed by atoms with van der Waals surface area (Å²) in [5.41, 5.74) is 1.24. The maximum Gasteiger partial charge on any atom is 0.308 e. The van der Waals surface area contributed by atoms with Crippen LogP contribution in [0.25, 0.3) is 0 Å². The number of hydrogen-bond acceptors (Lipinski definition) is 4. The molecule has 1 aliphatic rings. The van der Waals surface area contributed by atoms with Gasteiger partial charge in [0, 0.05) is 26.7 Å². The second-order valence-corrected chi connectivity index (χ2v) is 6.50. The Labute approximate surface area is 156 Å². The van der Waals surface area contributed by atoms with E-state index in [0.29, 0.717) is 0 Å². The molecule has 0 radical (unpaired) electrons. The molecule has 1 saturated heterocycles. The van der Waals surface area contributed by atoms with E-state index in [2.05, 4.69) is 34.3 Å². The summed E-state index contributed by atoms with van der Waals surface area (Å²) in [6, 6.07) is 8.25. The Morgan fingerprint density at radius 1 is 1.35 bits per heavy atom. The van der Waals surface area contributed by atoms with Gasteiger partial charge in [0.05, 0.1) is 19.6 Å². The molecule has 0 aliphatic carbocycles. The molecule has 6 heteroatoms. The van der Waals surface area contributed by atoms with Crippen LogP contribution in [0.1, 0.15) is 31.7 Å². The number of hydrogen-bond donors (Lipinski definition) is 1. The third-order valence-electron chi connectivity index (χ3n) is 4.61. The first kappa shape index (κ1) is 20.1. The molecule has 2 rings (SSSR count). The number of ether oxygens (including phenoxy) is 2. The average Bonchev–Trinajstić information content (AvgIpc) is 2.69. The topological polar surface area (TPSA) is 63.2 Å². The number of carbonyl (C=O) groups is 1. The van der Waals surface area contributed by atoms with Crippen LogP contribution in [-0.2, 0) is 16.0 Å². The van der Waals surface area contributed by atoms with Gasteiger partial charge in [-0.2, -0.15) is 0 Å². The number of carbonyl (C=O) groups excluding carboxylic acids is 1. The van der Waals surface area contributed by atoms with Crippen molar-refractivity contribution in [1.29, 1.82) is 0 Å². The highest BCUT2D eigenvalue weighted by Gasteiger charge is 2.26. The number of rotatable bonds is 7. The summed E-state index contributed by atoms with van der Waals surface area (Å²) in [7, 11) is 3.26. The van der Waals surface area contributed by atoms with Crippen molar-refractivity contribution in [1.82, 2.24) is 10.2 Å². The van der Waals surface area contributed by atoms with Crippen LogP contribution in [0.15, 0.2) is 29.3 Å². The van der Waals surface area contributed by atoms with Gasteiger partial charge < -0.3 is 19.7 Å². The minimum Gasteiger partial charge on any atom is -0.494 e. The monoisotopic (exact) mass is 361 g/mol. The molecule has 6 nitrogen and oxygen atoms in total. The zero-order valence-electron chi connectivity index (χ0n) is 16.2. The standard InChI is InChI=1S/C20H31N3O3/c1-4-14-26-18-7-5-6-16(15-18)8-11-22-20(21-2)23-12-9-17(10-13-23)19(24)25-3/h5-7,15,17H,4,8-14H2,1-3H3,(H,21,22). The zero-order chi connectivity index (χ0) is 18.8. The van der Waals surface area contributed by atoms with Crippen molar-refractivity contribution >= 4 is 11.9 Å². The highest BCUT2D eigenvalue weighted by Crippen LogP contribution is 2.18. The fourth-order valence-electron chi connectivity index (χ4n) is 3.16. The van der Waals surface area contributed by atoms with E-state index in [9.17, 15) is 4.79 Å². The molecular weight excluding hydrogens is 330 g/mol. The maximum absolute atomic E-state index is 11.6. The Kier molecular flexibility index (Phi) is 8.25. The van der Waals surface area contributed by atoms with Crippen molar-refractivity contribution in [3.05, 3.63) is 29.8 Å². The van der Waals surface area contributed by atoms with Gasteiger partial charge in [0.25, 0.3) is 0 Å². The largest absolute Gasteiger partial charge is 0.494 e. The van der Waals surface area contributed by atoms with Crippen LogP contribution in [0.5, 0.6) is 5.75 Å². The van der Waals surface area contributed by atoms with Crippen LogP contribution in [0.2, 0.25) is 0 Å². The van der Waals surface area contributed by atoms with Crippen LogP contribution < -0.4 is 10.1 Å². The van der Waals surface area contributed by atoms with Crippen LogP contribution >= 0.6 is 0 Å². The van der Waals surface area contributed by atoms with Crippen LogP contribution in [0.3, 0.4) is 0 Å². The van der Waals surface area contributed by atoms with Crippen LogP contribution in [0, 0.1) is 5.92 Å². The zero-order valence-corrected chi connectivity index (χ0v) is 16.2. The van der Waals surface area contributed by atoms with Gasteiger partial charge in [-0.3, -0.25) is 9.79 Å². The average molecular weight is 361 g/mol. The van der Waals surface area contributed by atoms with Crippen LogP contribution in [-0.4, -0.2) is 57.2 Å². The molecule has 26 heavy (non-hydrogen) atoms. The van der Waals surface area contributed by atoms with E-state index in [1.54, 1.807) is 7.05 Å². The van der Waals surface area contributed by atoms with E-state index in [1.165, 1.54) is 12.7 Å². The minimum absolute atomic E-state index is 0.0141. The van der Waals surface area contributed by atoms with E-state index in [1.807, 2.05) is 12.1 Å². The maximum atomic E-state index is 11.6. The number of methoxy groups -OCH3 is 1. The molecule has 1 aromatic carbocycles. The number of piperidine rings is 1. The van der Waals surface area contributed by atoms with E-state index >= 15 is 0 Å². The Hall–Kier alpha value is -2.24. The number of guanidine groups is 1. The van der Waals surface area contributed by atoms with Gasteiger partial charge in [0.1, 0.15) is 5.75 Å². The van der Waals surface area contributed by atoms with Crippen molar-refractivity contribution < 1.29 is 14.3 Å². The van der Waals surface area contributed by atoms with E-state index in [-0.39, 0.29) is 11.9 Å². The van der Waals surface area contributed by atoms with Crippen LogP contribution in [0.4, 0.5) is 0 Å². The predicted molar refractivity (Wildman–Crippen MR) is 104 cm³/mol. The van der Waals surface area contributed by atoms with Crippen molar-refractivity contribution in [2.45, 2.75) is 32.6 Å². The molecule has 0 spiro atoms. The summed E-state index contributed by atoms with van der Waals surface area (Å²) in [4.78, 5) is 18.2. The van der Waals surface area contributed by atoms with Crippen molar-refractivity contribution in [2.75, 3.05) is 40.4 Å². The summed E-state index contributed by atoms with van der Waals surface area (Å²) in [6.45, 7) is 5.30. The second kappa shape index (κ2) is 10.7. The smallest absolute Gasteiger partial charge is 0.308 e. The lowest BCUT2D eigenvalue weighted by molar-refractivity contribution is -0.146. The molecule has 0 atom stereocenters. The first-order valence-electron chi connectivity index (χ1n) is 9.43. The predicted octanol–water partition coefficient (Wildman–Crippen LogP) is 2.48. The Bertz CT molecular complexity index is 596. The molecule has 0 aromatic heterocycles. The molecule has 1 aliphatic heterocycles. The van der Waals surface area contributed by atoms with Gasteiger partial charge in [-0.05, 0) is 43.4 Å². The number of nitrogens with one attached hydrogen (secondary N) is 1. The summed E-state index contributed by atoms with van der Waals surface area (Å²) in [6.07, 6.45) is 3.53. The molecule has 1 fully saturated rings. The van der Waals surface area contributed by atoms with Gasteiger partial charge >= 0.3 is 5.97 Å². The summed E-state index contributed by atoms with van der Waals surface area (Å²) >= 11 is 0. The van der Waals surface area contributed by atoms with E-state index < -0.39 is 0 Å². The van der Waals surface area contributed by atoms with Gasteiger partial charge in [0.15, 0.2) is 5.96 Å². The first-order valence-corrected chi connectivity index (χ1v) is 9.43. The molecular formula is C20H31N3O3. The molecule has 1 aromatic rings. The normalized spacial score (nSPS) is 15.7. The lowest BCUT2D eigenvalue weighted by atomic mass is 9.97. The molecule has 0 unspecified atom stereocenters. The fourth-order valence-corrected chi connectivity index (χ4v) is 3.16. The van der Waals surface area contributed by atoms with E-state index in [4.69, 9.17) is 9.47 Å².